The largest absolute Gasteiger partial charge is 0.390 e. The van der Waals surface area contributed by atoms with E-state index in [0.29, 0.717) is 0 Å². The molecule has 4 unspecified atom stereocenters. The van der Waals surface area contributed by atoms with Crippen LogP contribution in [-0.2, 0) is 0 Å². The van der Waals surface area contributed by atoms with Crippen molar-refractivity contribution in [3.8, 4) is 0 Å². The Kier molecular flexibility index (Phi) is 2.80. The highest BCUT2D eigenvalue weighted by atomic mass is 16.4. The first-order valence-electron chi connectivity index (χ1n) is 4.64. The van der Waals surface area contributed by atoms with Gasteiger partial charge in [0.1, 0.15) is 11.7 Å². The molecule has 0 aromatic rings. The van der Waals surface area contributed by atoms with Crippen LogP contribution in [0.5, 0.6) is 0 Å². The summed E-state index contributed by atoms with van der Waals surface area (Å²) in [5.74, 6) is 0.187. The van der Waals surface area contributed by atoms with Crippen LogP contribution in [0, 0.1) is 11.8 Å². The minimum Gasteiger partial charge on any atom is -0.390 e. The second kappa shape index (κ2) is 3.40. The van der Waals surface area contributed by atoms with Crippen molar-refractivity contribution in [2.45, 2.75) is 38.6 Å². The Labute approximate surface area is 78.7 Å². The Morgan fingerprint density at radius 1 is 1.31 bits per heavy atom. The molecule has 3 N–H and O–H groups in total. The van der Waals surface area contributed by atoms with Crippen LogP contribution in [-0.4, -0.2) is 33.1 Å². The highest BCUT2D eigenvalue weighted by Gasteiger charge is 2.41. The standard InChI is InChI=1S/C10H18O3/c1-6(2)7-4-5-10(3,13)9(12)8(7)11/h4-9,11-13H,1-3H3. The molecule has 0 saturated carbocycles. The van der Waals surface area contributed by atoms with Crippen LogP contribution in [0.15, 0.2) is 12.2 Å². The van der Waals surface area contributed by atoms with Gasteiger partial charge in [0, 0.05) is 5.92 Å². The molecule has 0 heterocycles. The molecule has 1 aliphatic rings. The zero-order valence-electron chi connectivity index (χ0n) is 8.31. The third kappa shape index (κ3) is 1.93. The summed E-state index contributed by atoms with van der Waals surface area (Å²) in [5.41, 5.74) is -1.30. The molecule has 3 heteroatoms. The van der Waals surface area contributed by atoms with Crippen LogP contribution < -0.4 is 0 Å². The summed E-state index contributed by atoms with van der Waals surface area (Å²) in [7, 11) is 0. The van der Waals surface area contributed by atoms with Crippen molar-refractivity contribution in [2.24, 2.45) is 11.8 Å². The van der Waals surface area contributed by atoms with Gasteiger partial charge in [0.2, 0.25) is 0 Å². The van der Waals surface area contributed by atoms with E-state index < -0.39 is 17.8 Å². The van der Waals surface area contributed by atoms with E-state index in [2.05, 4.69) is 0 Å². The number of hydrogen-bond donors (Lipinski definition) is 3. The van der Waals surface area contributed by atoms with Crippen LogP contribution in [0.25, 0.3) is 0 Å². The second-order valence-corrected chi connectivity index (χ2v) is 4.34. The Balaban J connectivity index is 2.87. The monoisotopic (exact) mass is 186 g/mol. The van der Waals surface area contributed by atoms with Gasteiger partial charge in [-0.15, -0.1) is 0 Å². The fraction of sp³-hybridized carbons (Fsp3) is 0.800. The summed E-state index contributed by atoms with van der Waals surface area (Å²) in [6, 6.07) is 0. The third-order valence-corrected chi connectivity index (χ3v) is 2.74. The lowest BCUT2D eigenvalue weighted by Gasteiger charge is -2.38. The first-order valence-corrected chi connectivity index (χ1v) is 4.64. The SMILES string of the molecule is CC(C)C1C=CC(C)(O)C(O)C1O. The maximum Gasteiger partial charge on any atom is 0.112 e. The first kappa shape index (κ1) is 10.7. The molecule has 0 aliphatic heterocycles. The van der Waals surface area contributed by atoms with E-state index in [4.69, 9.17) is 0 Å². The second-order valence-electron chi connectivity index (χ2n) is 4.34. The van der Waals surface area contributed by atoms with Crippen LogP contribution in [0.4, 0.5) is 0 Å². The normalized spacial score (nSPS) is 45.6. The highest BCUT2D eigenvalue weighted by Crippen LogP contribution is 2.30. The average molecular weight is 186 g/mol. The number of hydrogen-bond acceptors (Lipinski definition) is 3. The molecular weight excluding hydrogens is 168 g/mol. The fourth-order valence-electron chi connectivity index (χ4n) is 1.69. The van der Waals surface area contributed by atoms with Crippen LogP contribution >= 0.6 is 0 Å². The van der Waals surface area contributed by atoms with Gasteiger partial charge in [0.05, 0.1) is 6.10 Å². The molecule has 1 rings (SSSR count). The topological polar surface area (TPSA) is 60.7 Å². The molecule has 0 fully saturated rings. The predicted octanol–water partition coefficient (Wildman–Crippen LogP) is 0.301. The number of rotatable bonds is 1. The Morgan fingerprint density at radius 2 is 1.85 bits per heavy atom. The molecule has 1 aliphatic carbocycles. The van der Waals surface area contributed by atoms with Crippen molar-refractivity contribution >= 4 is 0 Å². The lowest BCUT2D eigenvalue weighted by molar-refractivity contribution is -0.115. The van der Waals surface area contributed by atoms with E-state index in [1.807, 2.05) is 13.8 Å². The van der Waals surface area contributed by atoms with Crippen molar-refractivity contribution in [1.82, 2.24) is 0 Å². The van der Waals surface area contributed by atoms with E-state index in [-0.39, 0.29) is 11.8 Å². The molecule has 0 bridgehead atoms. The molecule has 0 spiro atoms. The van der Waals surface area contributed by atoms with Gasteiger partial charge >= 0.3 is 0 Å². The van der Waals surface area contributed by atoms with Gasteiger partial charge in [-0.1, -0.05) is 26.0 Å². The number of aliphatic hydroxyl groups excluding tert-OH is 2. The lowest BCUT2D eigenvalue weighted by Crippen LogP contribution is -2.52. The van der Waals surface area contributed by atoms with E-state index in [9.17, 15) is 15.3 Å². The summed E-state index contributed by atoms with van der Waals surface area (Å²) in [6.45, 7) is 5.45. The van der Waals surface area contributed by atoms with E-state index in [1.165, 1.54) is 6.92 Å². The number of aliphatic hydroxyl groups is 3. The average Bonchev–Trinajstić information content (AvgIpc) is 2.00. The molecule has 0 aromatic heterocycles. The van der Waals surface area contributed by atoms with Gasteiger partial charge in [-0.25, -0.2) is 0 Å². The van der Waals surface area contributed by atoms with Crippen molar-refractivity contribution in [1.29, 1.82) is 0 Å². The molecule has 0 radical (unpaired) electrons. The van der Waals surface area contributed by atoms with Crippen LogP contribution in [0.3, 0.4) is 0 Å². The molecular formula is C10H18O3. The Bertz CT molecular complexity index is 208. The van der Waals surface area contributed by atoms with Crippen molar-refractivity contribution in [3.63, 3.8) is 0 Å². The third-order valence-electron chi connectivity index (χ3n) is 2.74. The minimum absolute atomic E-state index is 0.0739. The van der Waals surface area contributed by atoms with Gasteiger partial charge in [-0.05, 0) is 12.8 Å². The summed E-state index contributed by atoms with van der Waals surface area (Å²) in [4.78, 5) is 0. The quantitative estimate of drug-likeness (QED) is 0.516. The van der Waals surface area contributed by atoms with E-state index in [1.54, 1.807) is 12.2 Å². The summed E-state index contributed by atoms with van der Waals surface area (Å²) >= 11 is 0. The van der Waals surface area contributed by atoms with Gasteiger partial charge < -0.3 is 15.3 Å². The summed E-state index contributed by atoms with van der Waals surface area (Å²) in [5, 5.41) is 28.9. The fourth-order valence-corrected chi connectivity index (χ4v) is 1.69. The van der Waals surface area contributed by atoms with Crippen molar-refractivity contribution in [3.05, 3.63) is 12.2 Å². The lowest BCUT2D eigenvalue weighted by atomic mass is 9.77. The molecule has 0 saturated heterocycles. The molecule has 13 heavy (non-hydrogen) atoms. The van der Waals surface area contributed by atoms with Crippen molar-refractivity contribution in [2.75, 3.05) is 0 Å². The van der Waals surface area contributed by atoms with Gasteiger partial charge in [-0.3, -0.25) is 0 Å². The summed E-state index contributed by atoms with van der Waals surface area (Å²) < 4.78 is 0. The molecule has 4 atom stereocenters. The Hall–Kier alpha value is -0.380. The summed E-state index contributed by atoms with van der Waals surface area (Å²) in [6.07, 6.45) is 1.38. The molecule has 0 aromatic carbocycles. The maximum absolute atomic E-state index is 9.68. The molecule has 76 valence electrons. The first-order chi connectivity index (χ1) is 5.86. The maximum atomic E-state index is 9.68. The molecule has 3 nitrogen and oxygen atoms in total. The van der Waals surface area contributed by atoms with E-state index >= 15 is 0 Å². The van der Waals surface area contributed by atoms with E-state index in [0.717, 1.165) is 0 Å². The Morgan fingerprint density at radius 3 is 2.31 bits per heavy atom. The van der Waals surface area contributed by atoms with Gasteiger partial charge in [0.25, 0.3) is 0 Å². The van der Waals surface area contributed by atoms with Crippen molar-refractivity contribution < 1.29 is 15.3 Å². The smallest absolute Gasteiger partial charge is 0.112 e. The zero-order valence-corrected chi connectivity index (χ0v) is 8.31. The van der Waals surface area contributed by atoms with Crippen LogP contribution in [0.1, 0.15) is 20.8 Å². The van der Waals surface area contributed by atoms with Crippen LogP contribution in [0.2, 0.25) is 0 Å². The predicted molar refractivity (Wildman–Crippen MR) is 50.1 cm³/mol. The molecule has 0 amide bonds. The minimum atomic E-state index is -1.30. The van der Waals surface area contributed by atoms with Gasteiger partial charge in [0.15, 0.2) is 0 Å². The van der Waals surface area contributed by atoms with Gasteiger partial charge in [-0.2, -0.15) is 0 Å². The highest BCUT2D eigenvalue weighted by molar-refractivity contribution is 5.14. The zero-order chi connectivity index (χ0) is 10.2.